The summed E-state index contributed by atoms with van der Waals surface area (Å²) >= 11 is 1.63. The van der Waals surface area contributed by atoms with E-state index >= 15 is 0 Å². The Labute approximate surface area is 129 Å². The minimum absolute atomic E-state index is 0.0634. The molecule has 1 atom stereocenters. The van der Waals surface area contributed by atoms with Gasteiger partial charge in [-0.05, 0) is 31.2 Å². The fourth-order valence-corrected chi connectivity index (χ4v) is 2.55. The van der Waals surface area contributed by atoms with Gasteiger partial charge in [0.2, 0.25) is 5.91 Å². The average molecular weight is 311 g/mol. The van der Waals surface area contributed by atoms with Crippen molar-refractivity contribution in [3.8, 4) is 5.75 Å². The molecule has 2 N–H and O–H groups in total. The standard InChI is InChI=1S/C15H21NO4S/c1-3-4-8-21-11(2)15(19)16-12-6-5-7-13(9-12)20-10-14(17)18/h5-7,9,11H,3-4,8,10H2,1-2H3,(H,16,19)(H,17,18). The Kier molecular flexibility index (Phi) is 7.68. The van der Waals surface area contributed by atoms with E-state index in [0.717, 1.165) is 18.6 Å². The number of benzene rings is 1. The topological polar surface area (TPSA) is 75.6 Å². The van der Waals surface area contributed by atoms with Crippen molar-refractivity contribution in [3.05, 3.63) is 24.3 Å². The molecule has 1 aromatic carbocycles. The van der Waals surface area contributed by atoms with Gasteiger partial charge >= 0.3 is 5.97 Å². The van der Waals surface area contributed by atoms with E-state index in [9.17, 15) is 9.59 Å². The maximum absolute atomic E-state index is 12.0. The number of nitrogens with one attached hydrogen (secondary N) is 1. The molecule has 116 valence electrons. The molecule has 0 aliphatic carbocycles. The number of carbonyl (C=O) groups excluding carboxylic acids is 1. The lowest BCUT2D eigenvalue weighted by Crippen LogP contribution is -2.22. The fourth-order valence-electron chi connectivity index (χ4n) is 1.53. The van der Waals surface area contributed by atoms with Crippen LogP contribution >= 0.6 is 11.8 Å². The summed E-state index contributed by atoms with van der Waals surface area (Å²) in [7, 11) is 0. The number of carboxylic acids is 1. The number of aliphatic carboxylic acids is 1. The van der Waals surface area contributed by atoms with E-state index in [-0.39, 0.29) is 11.2 Å². The van der Waals surface area contributed by atoms with Crippen LogP contribution in [0.1, 0.15) is 26.7 Å². The second-order valence-electron chi connectivity index (χ2n) is 4.57. The van der Waals surface area contributed by atoms with Crippen molar-refractivity contribution >= 4 is 29.3 Å². The molecule has 21 heavy (non-hydrogen) atoms. The van der Waals surface area contributed by atoms with Crippen molar-refractivity contribution < 1.29 is 19.4 Å². The van der Waals surface area contributed by atoms with Crippen LogP contribution in [0, 0.1) is 0 Å². The number of carboxylic acid groups (broad SMARTS) is 1. The van der Waals surface area contributed by atoms with Crippen LogP contribution in [0.2, 0.25) is 0 Å². The quantitative estimate of drug-likeness (QED) is 0.686. The van der Waals surface area contributed by atoms with Crippen LogP contribution in [0.5, 0.6) is 5.75 Å². The lowest BCUT2D eigenvalue weighted by Gasteiger charge is -2.12. The van der Waals surface area contributed by atoms with Gasteiger partial charge in [0.05, 0.1) is 5.25 Å². The normalized spacial score (nSPS) is 11.7. The Bertz CT molecular complexity index is 478. The number of amides is 1. The number of thioether (sulfide) groups is 1. The molecule has 0 bridgehead atoms. The molecule has 1 rings (SSSR count). The molecular formula is C15H21NO4S. The van der Waals surface area contributed by atoms with Crippen molar-refractivity contribution in [2.24, 2.45) is 0 Å². The molecule has 0 aliphatic heterocycles. The number of hydrogen-bond acceptors (Lipinski definition) is 4. The third kappa shape index (κ3) is 7.04. The molecule has 0 saturated carbocycles. The Morgan fingerprint density at radius 1 is 1.43 bits per heavy atom. The van der Waals surface area contributed by atoms with Gasteiger partial charge in [0.15, 0.2) is 6.61 Å². The molecule has 0 heterocycles. The zero-order chi connectivity index (χ0) is 15.7. The van der Waals surface area contributed by atoms with Gasteiger partial charge in [0.1, 0.15) is 5.75 Å². The van der Waals surface area contributed by atoms with Crippen LogP contribution < -0.4 is 10.1 Å². The van der Waals surface area contributed by atoms with Gasteiger partial charge < -0.3 is 15.2 Å². The van der Waals surface area contributed by atoms with Gasteiger partial charge in [-0.15, -0.1) is 11.8 Å². The third-order valence-corrected chi connectivity index (χ3v) is 3.94. The molecule has 0 saturated heterocycles. The molecular weight excluding hydrogens is 290 g/mol. The highest BCUT2D eigenvalue weighted by atomic mass is 32.2. The van der Waals surface area contributed by atoms with Gasteiger partial charge in [-0.25, -0.2) is 4.79 Å². The van der Waals surface area contributed by atoms with Crippen LogP contribution in [0.15, 0.2) is 24.3 Å². The Balaban J connectivity index is 2.51. The second-order valence-corrected chi connectivity index (χ2v) is 6.01. The summed E-state index contributed by atoms with van der Waals surface area (Å²) in [5.74, 6) is 0.283. The highest BCUT2D eigenvalue weighted by Crippen LogP contribution is 2.19. The molecule has 1 amide bonds. The van der Waals surface area contributed by atoms with Crippen LogP contribution in [0.25, 0.3) is 0 Å². The van der Waals surface area contributed by atoms with Crippen molar-refractivity contribution in [2.45, 2.75) is 31.9 Å². The van der Waals surface area contributed by atoms with Crippen LogP contribution in [-0.2, 0) is 9.59 Å². The number of unbranched alkanes of at least 4 members (excludes halogenated alkanes) is 1. The van der Waals surface area contributed by atoms with E-state index in [1.807, 2.05) is 6.92 Å². The SMILES string of the molecule is CCCCSC(C)C(=O)Nc1cccc(OCC(=O)O)c1. The molecule has 5 nitrogen and oxygen atoms in total. The number of anilines is 1. The largest absolute Gasteiger partial charge is 0.482 e. The van der Waals surface area contributed by atoms with Crippen molar-refractivity contribution in [1.29, 1.82) is 0 Å². The van der Waals surface area contributed by atoms with E-state index in [1.165, 1.54) is 0 Å². The first-order valence-corrected chi connectivity index (χ1v) is 7.95. The van der Waals surface area contributed by atoms with Crippen LogP contribution in [0.3, 0.4) is 0 Å². The molecule has 0 radical (unpaired) electrons. The lowest BCUT2D eigenvalue weighted by molar-refractivity contribution is -0.139. The molecule has 0 aromatic heterocycles. The first kappa shape index (κ1) is 17.4. The van der Waals surface area contributed by atoms with E-state index in [4.69, 9.17) is 9.84 Å². The summed E-state index contributed by atoms with van der Waals surface area (Å²) in [6.07, 6.45) is 2.21. The zero-order valence-electron chi connectivity index (χ0n) is 12.3. The molecule has 0 aliphatic rings. The molecule has 6 heteroatoms. The number of ether oxygens (including phenoxy) is 1. The van der Waals surface area contributed by atoms with Gasteiger partial charge in [0, 0.05) is 11.8 Å². The third-order valence-electron chi connectivity index (χ3n) is 2.70. The van der Waals surface area contributed by atoms with E-state index in [0.29, 0.717) is 11.4 Å². The van der Waals surface area contributed by atoms with Crippen molar-refractivity contribution in [2.75, 3.05) is 17.7 Å². The maximum Gasteiger partial charge on any atom is 0.341 e. The Morgan fingerprint density at radius 3 is 2.86 bits per heavy atom. The van der Waals surface area contributed by atoms with Crippen LogP contribution in [-0.4, -0.2) is 34.6 Å². The molecule has 0 fully saturated rings. The number of hydrogen-bond donors (Lipinski definition) is 2. The van der Waals surface area contributed by atoms with Gasteiger partial charge in [-0.3, -0.25) is 4.79 Å². The summed E-state index contributed by atoms with van der Waals surface area (Å²) in [4.78, 5) is 22.5. The molecule has 1 unspecified atom stereocenters. The molecule has 1 aromatic rings. The highest BCUT2D eigenvalue weighted by molar-refractivity contribution is 8.00. The summed E-state index contributed by atoms with van der Waals surface area (Å²) in [5.41, 5.74) is 0.603. The van der Waals surface area contributed by atoms with Gasteiger partial charge in [-0.1, -0.05) is 19.4 Å². The highest BCUT2D eigenvalue weighted by Gasteiger charge is 2.13. The second kappa shape index (κ2) is 9.28. The van der Waals surface area contributed by atoms with Gasteiger partial charge in [0.25, 0.3) is 0 Å². The average Bonchev–Trinajstić information content (AvgIpc) is 2.45. The summed E-state index contributed by atoms with van der Waals surface area (Å²) in [5, 5.41) is 11.3. The maximum atomic E-state index is 12.0. The minimum Gasteiger partial charge on any atom is -0.482 e. The number of carbonyl (C=O) groups is 2. The Morgan fingerprint density at radius 2 is 2.19 bits per heavy atom. The fraction of sp³-hybridized carbons (Fsp3) is 0.467. The molecule has 0 spiro atoms. The first-order chi connectivity index (χ1) is 10.0. The lowest BCUT2D eigenvalue weighted by atomic mass is 10.3. The predicted molar refractivity (Wildman–Crippen MR) is 85.0 cm³/mol. The summed E-state index contributed by atoms with van der Waals surface area (Å²) in [6.45, 7) is 3.59. The van der Waals surface area contributed by atoms with Crippen molar-refractivity contribution in [3.63, 3.8) is 0 Å². The number of rotatable bonds is 9. The smallest absolute Gasteiger partial charge is 0.341 e. The Hall–Kier alpha value is -1.69. The van der Waals surface area contributed by atoms with Crippen molar-refractivity contribution in [1.82, 2.24) is 0 Å². The van der Waals surface area contributed by atoms with Gasteiger partial charge in [-0.2, -0.15) is 0 Å². The first-order valence-electron chi connectivity index (χ1n) is 6.90. The van der Waals surface area contributed by atoms with E-state index in [2.05, 4.69) is 12.2 Å². The minimum atomic E-state index is -1.04. The summed E-state index contributed by atoms with van der Waals surface area (Å²) in [6, 6.07) is 6.72. The monoisotopic (exact) mass is 311 g/mol. The van der Waals surface area contributed by atoms with Crippen LogP contribution in [0.4, 0.5) is 5.69 Å². The summed E-state index contributed by atoms with van der Waals surface area (Å²) < 4.78 is 5.07. The zero-order valence-corrected chi connectivity index (χ0v) is 13.1. The van der Waals surface area contributed by atoms with E-state index < -0.39 is 12.6 Å². The predicted octanol–water partition coefficient (Wildman–Crippen LogP) is 3.01. The van der Waals surface area contributed by atoms with E-state index in [1.54, 1.807) is 36.0 Å².